The van der Waals surface area contributed by atoms with E-state index in [0.717, 1.165) is 30.2 Å². The number of morpholine rings is 1. The Balaban J connectivity index is 2.32. The fourth-order valence-electron chi connectivity index (χ4n) is 2.62. The van der Waals surface area contributed by atoms with E-state index in [-0.39, 0.29) is 18.8 Å². The lowest BCUT2D eigenvalue weighted by Gasteiger charge is -2.37. The van der Waals surface area contributed by atoms with Crippen molar-refractivity contribution in [3.05, 3.63) is 11.3 Å². The number of rotatable bonds is 2. The van der Waals surface area contributed by atoms with Crippen molar-refractivity contribution in [3.63, 3.8) is 0 Å². The summed E-state index contributed by atoms with van der Waals surface area (Å²) >= 11 is 0. The molecule has 0 unspecified atom stereocenters. The van der Waals surface area contributed by atoms with Crippen LogP contribution in [0.4, 0.5) is 5.82 Å². The van der Waals surface area contributed by atoms with E-state index in [1.165, 1.54) is 0 Å². The largest absolute Gasteiger partial charge is 0.391 e. The third-order valence-electron chi connectivity index (χ3n) is 3.19. The molecule has 1 aromatic heterocycles. The maximum absolute atomic E-state index is 9.46. The van der Waals surface area contributed by atoms with Gasteiger partial charge in [-0.2, -0.15) is 5.10 Å². The molecule has 1 saturated heterocycles. The van der Waals surface area contributed by atoms with Crippen molar-refractivity contribution in [2.45, 2.75) is 39.6 Å². The Labute approximate surface area is 102 Å². The molecule has 1 N–H and O–H groups in total. The summed E-state index contributed by atoms with van der Waals surface area (Å²) < 4.78 is 7.58. The predicted molar refractivity (Wildman–Crippen MR) is 66.1 cm³/mol. The van der Waals surface area contributed by atoms with Gasteiger partial charge in [0.05, 0.1) is 24.5 Å². The predicted octanol–water partition coefficient (Wildman–Crippen LogP) is 0.834. The number of ether oxygens (including phenoxy) is 1. The number of hydrogen-bond donors (Lipinski definition) is 1. The van der Waals surface area contributed by atoms with Crippen LogP contribution in [-0.4, -0.2) is 40.2 Å². The summed E-state index contributed by atoms with van der Waals surface area (Å²) in [6.07, 6.45) is 0.418. The van der Waals surface area contributed by atoms with E-state index in [2.05, 4.69) is 23.8 Å². The number of aryl methyl sites for hydroxylation is 2. The van der Waals surface area contributed by atoms with Crippen LogP contribution in [-0.2, 0) is 18.4 Å². The fraction of sp³-hybridized carbons (Fsp3) is 0.750. The van der Waals surface area contributed by atoms with Crippen molar-refractivity contribution in [1.82, 2.24) is 9.78 Å². The number of nitrogens with zero attached hydrogens (tertiary/aromatic N) is 3. The van der Waals surface area contributed by atoms with Gasteiger partial charge in [-0.1, -0.05) is 0 Å². The molecular formula is C12H21N3O2. The first-order valence-corrected chi connectivity index (χ1v) is 6.06. The number of anilines is 1. The second kappa shape index (κ2) is 4.66. The van der Waals surface area contributed by atoms with Gasteiger partial charge in [-0.3, -0.25) is 4.68 Å². The molecule has 1 fully saturated rings. The molecule has 5 nitrogen and oxygen atoms in total. The zero-order valence-corrected chi connectivity index (χ0v) is 11.0. The van der Waals surface area contributed by atoms with Crippen molar-refractivity contribution >= 4 is 5.82 Å². The van der Waals surface area contributed by atoms with E-state index in [1.807, 2.05) is 18.7 Å². The molecule has 17 heavy (non-hydrogen) atoms. The fourth-order valence-corrected chi connectivity index (χ4v) is 2.62. The van der Waals surface area contributed by atoms with Crippen LogP contribution in [0.1, 0.15) is 25.1 Å². The molecule has 2 atom stereocenters. The maximum Gasteiger partial charge on any atom is 0.132 e. The molecule has 0 aliphatic carbocycles. The van der Waals surface area contributed by atoms with E-state index in [1.54, 1.807) is 0 Å². The molecule has 1 aliphatic rings. The zero-order valence-electron chi connectivity index (χ0n) is 11.0. The number of aromatic nitrogens is 2. The molecule has 2 rings (SSSR count). The van der Waals surface area contributed by atoms with Gasteiger partial charge in [0.1, 0.15) is 5.82 Å². The van der Waals surface area contributed by atoms with Gasteiger partial charge in [-0.25, -0.2) is 0 Å². The Kier molecular flexibility index (Phi) is 3.40. The van der Waals surface area contributed by atoms with Gasteiger partial charge in [0.15, 0.2) is 0 Å². The minimum Gasteiger partial charge on any atom is -0.391 e. The molecule has 0 amide bonds. The van der Waals surface area contributed by atoms with Crippen LogP contribution in [0.25, 0.3) is 0 Å². The Bertz CT molecular complexity index is 393. The lowest BCUT2D eigenvalue weighted by atomic mass is 10.2. The summed E-state index contributed by atoms with van der Waals surface area (Å²) in [6.45, 7) is 7.80. The molecule has 0 bridgehead atoms. The van der Waals surface area contributed by atoms with E-state index >= 15 is 0 Å². The Hall–Kier alpha value is -1.07. The van der Waals surface area contributed by atoms with Crippen LogP contribution in [0, 0.1) is 6.92 Å². The van der Waals surface area contributed by atoms with E-state index in [4.69, 9.17) is 4.74 Å². The second-order valence-electron chi connectivity index (χ2n) is 4.83. The van der Waals surface area contributed by atoms with Crippen molar-refractivity contribution in [2.24, 2.45) is 7.05 Å². The van der Waals surface area contributed by atoms with Crippen LogP contribution in [0.5, 0.6) is 0 Å². The first-order chi connectivity index (χ1) is 8.02. The molecule has 1 aromatic rings. The van der Waals surface area contributed by atoms with Gasteiger partial charge in [0.2, 0.25) is 0 Å². The average Bonchev–Trinajstić information content (AvgIpc) is 2.51. The van der Waals surface area contributed by atoms with Crippen molar-refractivity contribution in [3.8, 4) is 0 Å². The lowest BCUT2D eigenvalue weighted by molar-refractivity contribution is -0.00575. The van der Waals surface area contributed by atoms with Crippen LogP contribution in [0.15, 0.2) is 0 Å². The Morgan fingerprint density at radius 1 is 1.35 bits per heavy atom. The summed E-state index contributed by atoms with van der Waals surface area (Å²) in [5.74, 6) is 1.02. The number of aliphatic hydroxyl groups excluding tert-OH is 1. The lowest BCUT2D eigenvalue weighted by Crippen LogP contribution is -2.46. The summed E-state index contributed by atoms with van der Waals surface area (Å²) in [7, 11) is 1.92. The molecule has 0 aromatic carbocycles. The van der Waals surface area contributed by atoms with Gasteiger partial charge < -0.3 is 14.7 Å². The molecular weight excluding hydrogens is 218 g/mol. The van der Waals surface area contributed by atoms with Crippen molar-refractivity contribution in [2.75, 3.05) is 18.0 Å². The van der Waals surface area contributed by atoms with E-state index < -0.39 is 0 Å². The average molecular weight is 239 g/mol. The normalized spacial score (nSPS) is 25.4. The molecule has 96 valence electrons. The van der Waals surface area contributed by atoms with Gasteiger partial charge in [-0.15, -0.1) is 0 Å². The van der Waals surface area contributed by atoms with Crippen LogP contribution < -0.4 is 4.90 Å². The number of aliphatic hydroxyl groups is 1. The number of hydrogen-bond acceptors (Lipinski definition) is 4. The summed E-state index contributed by atoms with van der Waals surface area (Å²) in [5, 5.41) is 13.8. The molecule has 0 radical (unpaired) electrons. The summed E-state index contributed by atoms with van der Waals surface area (Å²) in [5.41, 5.74) is 1.82. The van der Waals surface area contributed by atoms with Gasteiger partial charge in [0.25, 0.3) is 0 Å². The van der Waals surface area contributed by atoms with Crippen LogP contribution in [0.3, 0.4) is 0 Å². The SMILES string of the molecule is Cc1nn(C)c(N2C[C@@H](C)O[C@@H](C)C2)c1CO. The quantitative estimate of drug-likeness (QED) is 0.830. The summed E-state index contributed by atoms with van der Waals surface area (Å²) in [4.78, 5) is 2.25. The van der Waals surface area contributed by atoms with Gasteiger partial charge in [0, 0.05) is 25.7 Å². The van der Waals surface area contributed by atoms with Crippen LogP contribution in [0.2, 0.25) is 0 Å². The van der Waals surface area contributed by atoms with Crippen LogP contribution >= 0.6 is 0 Å². The summed E-state index contributed by atoms with van der Waals surface area (Å²) in [6, 6.07) is 0. The first-order valence-electron chi connectivity index (χ1n) is 6.06. The maximum atomic E-state index is 9.46. The minimum absolute atomic E-state index is 0.0368. The monoisotopic (exact) mass is 239 g/mol. The molecule has 0 saturated carbocycles. The molecule has 5 heteroatoms. The smallest absolute Gasteiger partial charge is 0.132 e. The third kappa shape index (κ3) is 2.30. The van der Waals surface area contributed by atoms with E-state index in [0.29, 0.717) is 0 Å². The molecule has 1 aliphatic heterocycles. The Morgan fingerprint density at radius 3 is 2.47 bits per heavy atom. The minimum atomic E-state index is 0.0368. The highest BCUT2D eigenvalue weighted by atomic mass is 16.5. The van der Waals surface area contributed by atoms with E-state index in [9.17, 15) is 5.11 Å². The van der Waals surface area contributed by atoms with Crippen molar-refractivity contribution in [1.29, 1.82) is 0 Å². The first kappa shape index (κ1) is 12.4. The topological polar surface area (TPSA) is 50.5 Å². The zero-order chi connectivity index (χ0) is 12.6. The standard InChI is InChI=1S/C12H21N3O2/c1-8-5-15(6-9(2)17-8)12-11(7-16)10(3)13-14(12)4/h8-9,16H,5-7H2,1-4H3/t8-,9+. The highest BCUT2D eigenvalue weighted by molar-refractivity contribution is 5.50. The van der Waals surface area contributed by atoms with Gasteiger partial charge >= 0.3 is 0 Å². The molecule has 0 spiro atoms. The molecule has 2 heterocycles. The second-order valence-corrected chi connectivity index (χ2v) is 4.83. The highest BCUT2D eigenvalue weighted by Gasteiger charge is 2.27. The third-order valence-corrected chi connectivity index (χ3v) is 3.19. The van der Waals surface area contributed by atoms with Crippen molar-refractivity contribution < 1.29 is 9.84 Å². The Morgan fingerprint density at radius 2 is 1.94 bits per heavy atom. The van der Waals surface area contributed by atoms with Gasteiger partial charge in [-0.05, 0) is 20.8 Å². The highest BCUT2D eigenvalue weighted by Crippen LogP contribution is 2.26.